The van der Waals surface area contributed by atoms with Crippen molar-refractivity contribution >= 4 is 11.8 Å². The Morgan fingerprint density at radius 3 is 3.31 bits per heavy atom. The van der Waals surface area contributed by atoms with Gasteiger partial charge in [-0.15, -0.1) is 0 Å². The first-order valence-corrected chi connectivity index (χ1v) is 6.82. The van der Waals surface area contributed by atoms with Crippen molar-refractivity contribution in [1.82, 2.24) is 10.3 Å². The first kappa shape index (κ1) is 11.7. The van der Waals surface area contributed by atoms with Crippen molar-refractivity contribution in [3.63, 3.8) is 0 Å². The van der Waals surface area contributed by atoms with Gasteiger partial charge in [-0.2, -0.15) is 11.8 Å². The van der Waals surface area contributed by atoms with Crippen molar-refractivity contribution in [2.45, 2.75) is 13.0 Å². The summed E-state index contributed by atoms with van der Waals surface area (Å²) in [4.78, 5) is 4.18. The van der Waals surface area contributed by atoms with E-state index in [1.165, 1.54) is 17.9 Å². The van der Waals surface area contributed by atoms with Crippen LogP contribution in [0, 0.1) is 5.92 Å². The van der Waals surface area contributed by atoms with Crippen molar-refractivity contribution in [2.24, 2.45) is 5.92 Å². The van der Waals surface area contributed by atoms with Gasteiger partial charge >= 0.3 is 0 Å². The lowest BCUT2D eigenvalue weighted by atomic mass is 10.1. The number of ether oxygens (including phenoxy) is 1. The third-order valence-corrected chi connectivity index (χ3v) is 4.05. The third-order valence-electron chi connectivity index (χ3n) is 2.82. The normalized spacial score (nSPS) is 19.9. The lowest BCUT2D eigenvalue weighted by Gasteiger charge is -2.11. The van der Waals surface area contributed by atoms with Gasteiger partial charge in [-0.05, 0) is 36.5 Å². The van der Waals surface area contributed by atoms with Gasteiger partial charge in [0.15, 0.2) is 0 Å². The van der Waals surface area contributed by atoms with Gasteiger partial charge in [-0.1, -0.05) is 6.07 Å². The molecule has 1 aromatic heterocycles. The molecular formula is C12H18N2OS. The summed E-state index contributed by atoms with van der Waals surface area (Å²) in [5.41, 5.74) is 1.13. The van der Waals surface area contributed by atoms with Crippen molar-refractivity contribution < 1.29 is 4.74 Å². The molecule has 1 fully saturated rings. The predicted octanol–water partition coefficient (Wildman–Crippen LogP) is 1.93. The van der Waals surface area contributed by atoms with Crippen molar-refractivity contribution in [3.05, 3.63) is 23.9 Å². The van der Waals surface area contributed by atoms with Gasteiger partial charge in [0.2, 0.25) is 5.88 Å². The molecule has 0 aromatic carbocycles. The topological polar surface area (TPSA) is 34.1 Å². The molecule has 1 N–H and O–H groups in total. The van der Waals surface area contributed by atoms with E-state index in [9.17, 15) is 0 Å². The number of thioether (sulfide) groups is 1. The molecule has 0 radical (unpaired) electrons. The van der Waals surface area contributed by atoms with Crippen LogP contribution in [0.25, 0.3) is 0 Å². The highest BCUT2D eigenvalue weighted by Gasteiger charge is 2.14. The van der Waals surface area contributed by atoms with E-state index >= 15 is 0 Å². The Labute approximate surface area is 101 Å². The molecule has 2 rings (SSSR count). The Morgan fingerprint density at radius 1 is 1.62 bits per heavy atom. The highest BCUT2D eigenvalue weighted by molar-refractivity contribution is 7.99. The molecule has 0 amide bonds. The molecule has 1 atom stereocenters. The standard InChI is InChI=1S/C12H18N2OS/c1-15-12-11(3-2-5-14-12)8-13-7-10-4-6-16-9-10/h2-3,5,10,13H,4,6-9H2,1H3. The molecule has 16 heavy (non-hydrogen) atoms. The average molecular weight is 238 g/mol. The maximum absolute atomic E-state index is 5.21. The van der Waals surface area contributed by atoms with Gasteiger partial charge in [0.25, 0.3) is 0 Å². The van der Waals surface area contributed by atoms with Crippen LogP contribution in [-0.2, 0) is 6.54 Å². The highest BCUT2D eigenvalue weighted by atomic mass is 32.2. The number of nitrogens with one attached hydrogen (secondary N) is 1. The zero-order valence-electron chi connectivity index (χ0n) is 9.61. The quantitative estimate of drug-likeness (QED) is 0.850. The van der Waals surface area contributed by atoms with Crippen LogP contribution in [0.4, 0.5) is 0 Å². The highest BCUT2D eigenvalue weighted by Crippen LogP contribution is 2.22. The van der Waals surface area contributed by atoms with Crippen LogP contribution in [0.5, 0.6) is 5.88 Å². The van der Waals surface area contributed by atoms with Crippen LogP contribution < -0.4 is 10.1 Å². The van der Waals surface area contributed by atoms with E-state index < -0.39 is 0 Å². The minimum Gasteiger partial charge on any atom is -0.481 e. The molecule has 88 valence electrons. The molecule has 1 aliphatic heterocycles. The van der Waals surface area contributed by atoms with Gasteiger partial charge in [0, 0.05) is 18.3 Å². The summed E-state index contributed by atoms with van der Waals surface area (Å²) in [5.74, 6) is 4.20. The van der Waals surface area contributed by atoms with Crippen molar-refractivity contribution in [3.8, 4) is 5.88 Å². The summed E-state index contributed by atoms with van der Waals surface area (Å²) in [6, 6.07) is 4.01. The first-order chi connectivity index (χ1) is 7.90. The van der Waals surface area contributed by atoms with E-state index in [0.29, 0.717) is 0 Å². The second-order valence-electron chi connectivity index (χ2n) is 4.03. The molecule has 1 aromatic rings. The summed E-state index contributed by atoms with van der Waals surface area (Å²) in [6.45, 7) is 1.95. The van der Waals surface area contributed by atoms with Gasteiger partial charge in [0.1, 0.15) is 0 Å². The van der Waals surface area contributed by atoms with E-state index in [4.69, 9.17) is 4.74 Å². The Hall–Kier alpha value is -0.740. The van der Waals surface area contributed by atoms with Crippen LogP contribution in [-0.4, -0.2) is 30.1 Å². The summed E-state index contributed by atoms with van der Waals surface area (Å²) >= 11 is 2.06. The Kier molecular flexibility index (Phi) is 4.48. The fourth-order valence-electron chi connectivity index (χ4n) is 1.90. The summed E-state index contributed by atoms with van der Waals surface area (Å²) in [5, 5.41) is 3.48. The minimum absolute atomic E-state index is 0.732. The summed E-state index contributed by atoms with van der Waals surface area (Å²) in [7, 11) is 1.67. The fraction of sp³-hybridized carbons (Fsp3) is 0.583. The van der Waals surface area contributed by atoms with Crippen molar-refractivity contribution in [1.29, 1.82) is 0 Å². The Bertz CT molecular complexity index is 327. The zero-order valence-corrected chi connectivity index (χ0v) is 10.4. The summed E-state index contributed by atoms with van der Waals surface area (Å²) in [6.07, 6.45) is 3.11. The van der Waals surface area contributed by atoms with Gasteiger partial charge in [0.05, 0.1) is 7.11 Å². The number of hydrogen-bond donors (Lipinski definition) is 1. The average Bonchev–Trinajstić information content (AvgIpc) is 2.83. The molecule has 3 nitrogen and oxygen atoms in total. The van der Waals surface area contributed by atoms with E-state index in [-0.39, 0.29) is 0 Å². The number of aromatic nitrogens is 1. The molecule has 1 saturated heterocycles. The molecule has 2 heterocycles. The number of nitrogens with zero attached hydrogens (tertiary/aromatic N) is 1. The predicted molar refractivity (Wildman–Crippen MR) is 67.9 cm³/mol. The SMILES string of the molecule is COc1ncccc1CNCC1CCSC1. The second kappa shape index (κ2) is 6.11. The van der Waals surface area contributed by atoms with Crippen LogP contribution in [0.15, 0.2) is 18.3 Å². The van der Waals surface area contributed by atoms with E-state index in [2.05, 4.69) is 28.1 Å². The third kappa shape index (κ3) is 3.12. The lowest BCUT2D eigenvalue weighted by Crippen LogP contribution is -2.22. The monoisotopic (exact) mass is 238 g/mol. The Morgan fingerprint density at radius 2 is 2.56 bits per heavy atom. The molecule has 4 heteroatoms. The number of methoxy groups -OCH3 is 1. The Balaban J connectivity index is 1.79. The first-order valence-electron chi connectivity index (χ1n) is 5.66. The maximum Gasteiger partial charge on any atom is 0.217 e. The molecule has 1 aliphatic rings. The van der Waals surface area contributed by atoms with Gasteiger partial charge in [-0.3, -0.25) is 0 Å². The van der Waals surface area contributed by atoms with Crippen molar-refractivity contribution in [2.75, 3.05) is 25.2 Å². The molecule has 0 bridgehead atoms. The molecule has 0 saturated carbocycles. The zero-order chi connectivity index (χ0) is 11.2. The number of hydrogen-bond acceptors (Lipinski definition) is 4. The maximum atomic E-state index is 5.21. The van der Waals surface area contributed by atoms with E-state index in [1.807, 2.05) is 6.07 Å². The van der Waals surface area contributed by atoms with Crippen LogP contribution in [0.2, 0.25) is 0 Å². The van der Waals surface area contributed by atoms with Crippen LogP contribution in [0.1, 0.15) is 12.0 Å². The van der Waals surface area contributed by atoms with Crippen LogP contribution >= 0.6 is 11.8 Å². The molecular weight excluding hydrogens is 220 g/mol. The number of rotatable bonds is 5. The second-order valence-corrected chi connectivity index (χ2v) is 5.18. The largest absolute Gasteiger partial charge is 0.481 e. The molecule has 1 unspecified atom stereocenters. The minimum atomic E-state index is 0.732. The van der Waals surface area contributed by atoms with Gasteiger partial charge in [-0.25, -0.2) is 4.98 Å². The fourth-order valence-corrected chi connectivity index (χ4v) is 3.18. The molecule has 0 aliphatic carbocycles. The van der Waals surface area contributed by atoms with E-state index in [0.717, 1.165) is 30.5 Å². The van der Waals surface area contributed by atoms with Gasteiger partial charge < -0.3 is 10.1 Å². The van der Waals surface area contributed by atoms with Crippen LogP contribution in [0.3, 0.4) is 0 Å². The summed E-state index contributed by atoms with van der Waals surface area (Å²) < 4.78 is 5.21. The van der Waals surface area contributed by atoms with E-state index in [1.54, 1.807) is 13.3 Å². The molecule has 0 spiro atoms. The number of pyridine rings is 1. The lowest BCUT2D eigenvalue weighted by molar-refractivity contribution is 0.389. The smallest absolute Gasteiger partial charge is 0.217 e.